The monoisotopic (exact) mass is 339 g/mol. The van der Waals surface area contributed by atoms with Crippen molar-refractivity contribution < 1.29 is 4.79 Å². The third-order valence-corrected chi connectivity index (χ3v) is 4.67. The topological polar surface area (TPSA) is 30.0 Å². The first kappa shape index (κ1) is 16.5. The minimum absolute atomic E-state index is 0.110. The second kappa shape index (κ2) is 6.06. The fourth-order valence-electron chi connectivity index (χ4n) is 3.25. The quantitative estimate of drug-likeness (QED) is 0.402. The van der Waals surface area contributed by atoms with Crippen molar-refractivity contribution in [2.24, 2.45) is 5.41 Å². The molecule has 0 fully saturated rings. The second-order valence-corrected chi connectivity index (χ2v) is 7.72. The Morgan fingerprint density at radius 2 is 1.42 bits per heavy atom. The Hall–Kier alpha value is -3.00. The van der Waals surface area contributed by atoms with Crippen LogP contribution in [0.5, 0.6) is 0 Å². The molecule has 0 bridgehead atoms. The Morgan fingerprint density at radius 1 is 0.769 bits per heavy atom. The van der Waals surface area contributed by atoms with Crippen molar-refractivity contribution in [2.45, 2.75) is 20.8 Å². The van der Waals surface area contributed by atoms with Crippen LogP contribution in [0.3, 0.4) is 0 Å². The second-order valence-electron chi connectivity index (χ2n) is 7.72. The highest BCUT2D eigenvalue weighted by molar-refractivity contribution is 6.07. The Morgan fingerprint density at radius 3 is 2.15 bits per heavy atom. The molecule has 0 atom stereocenters. The molecule has 4 rings (SSSR count). The molecule has 0 unspecified atom stereocenters. The van der Waals surface area contributed by atoms with E-state index in [2.05, 4.69) is 30.3 Å². The first-order valence-corrected chi connectivity index (χ1v) is 8.87. The summed E-state index contributed by atoms with van der Waals surface area (Å²) >= 11 is 0. The van der Waals surface area contributed by atoms with Crippen molar-refractivity contribution in [2.75, 3.05) is 0 Å². The van der Waals surface area contributed by atoms with Crippen molar-refractivity contribution in [3.05, 3.63) is 78.4 Å². The van der Waals surface area contributed by atoms with E-state index in [4.69, 9.17) is 4.98 Å². The van der Waals surface area contributed by atoms with Gasteiger partial charge in [0.1, 0.15) is 0 Å². The molecule has 1 aromatic heterocycles. The molecule has 0 aliphatic rings. The Labute approximate surface area is 153 Å². The summed E-state index contributed by atoms with van der Waals surface area (Å²) in [6.45, 7) is 5.86. The molecule has 0 saturated heterocycles. The molecule has 4 aromatic rings. The summed E-state index contributed by atoms with van der Waals surface area (Å²) in [5.74, 6) is 0.110. The van der Waals surface area contributed by atoms with Gasteiger partial charge < -0.3 is 0 Å². The third-order valence-electron chi connectivity index (χ3n) is 4.67. The van der Waals surface area contributed by atoms with Gasteiger partial charge in [0, 0.05) is 21.9 Å². The zero-order chi connectivity index (χ0) is 18.3. The van der Waals surface area contributed by atoms with E-state index in [1.165, 1.54) is 5.39 Å². The van der Waals surface area contributed by atoms with Crippen LogP contribution in [0.1, 0.15) is 31.1 Å². The van der Waals surface area contributed by atoms with Crippen molar-refractivity contribution in [1.29, 1.82) is 0 Å². The number of carbonyl (C=O) groups is 1. The van der Waals surface area contributed by atoms with Crippen LogP contribution in [-0.4, -0.2) is 10.8 Å². The maximum absolute atomic E-state index is 13.1. The molecular formula is C24H21NO. The van der Waals surface area contributed by atoms with E-state index in [1.54, 1.807) is 0 Å². The van der Waals surface area contributed by atoms with Gasteiger partial charge in [-0.3, -0.25) is 4.79 Å². The Balaban J connectivity index is 2.00. The van der Waals surface area contributed by atoms with Gasteiger partial charge in [-0.25, -0.2) is 4.98 Å². The Bertz CT molecular complexity index is 1140. The molecule has 2 heteroatoms. The maximum Gasteiger partial charge on any atom is 0.170 e. The van der Waals surface area contributed by atoms with Crippen LogP contribution < -0.4 is 0 Å². The summed E-state index contributed by atoms with van der Waals surface area (Å²) in [6.07, 6.45) is 0. The number of carbonyl (C=O) groups excluding carboxylic acids is 1. The first-order chi connectivity index (χ1) is 12.4. The van der Waals surface area contributed by atoms with Gasteiger partial charge >= 0.3 is 0 Å². The van der Waals surface area contributed by atoms with Crippen LogP contribution in [-0.2, 0) is 0 Å². The number of para-hydroxylation sites is 1. The van der Waals surface area contributed by atoms with Gasteiger partial charge in [-0.15, -0.1) is 0 Å². The molecule has 128 valence electrons. The summed E-state index contributed by atoms with van der Waals surface area (Å²) in [4.78, 5) is 18.0. The smallest absolute Gasteiger partial charge is 0.170 e. The number of nitrogens with zero attached hydrogens (tertiary/aromatic N) is 1. The molecular weight excluding hydrogens is 318 g/mol. The number of benzene rings is 3. The predicted molar refractivity (Wildman–Crippen MR) is 108 cm³/mol. The molecule has 3 aromatic carbocycles. The van der Waals surface area contributed by atoms with Gasteiger partial charge in [0.15, 0.2) is 5.78 Å². The molecule has 0 N–H and O–H groups in total. The standard InChI is InChI=1S/C24H21NO/c1-24(2,3)23(26)20-15-18-10-6-7-11-21(18)25-22(20)19-13-12-16-8-4-5-9-17(16)14-19/h4-15H,1-3H3. The van der Waals surface area contributed by atoms with Crippen molar-refractivity contribution in [1.82, 2.24) is 4.98 Å². The highest BCUT2D eigenvalue weighted by atomic mass is 16.1. The third kappa shape index (κ3) is 2.88. The molecule has 0 aliphatic carbocycles. The fourth-order valence-corrected chi connectivity index (χ4v) is 3.25. The zero-order valence-electron chi connectivity index (χ0n) is 15.3. The number of Topliss-reactive ketones (excluding diaryl/α,β-unsaturated/α-hetero) is 1. The molecule has 0 radical (unpaired) electrons. The molecule has 1 heterocycles. The van der Waals surface area contributed by atoms with Gasteiger partial charge in [0.2, 0.25) is 0 Å². The van der Waals surface area contributed by atoms with Crippen molar-refractivity contribution >= 4 is 27.5 Å². The van der Waals surface area contributed by atoms with Crippen LogP contribution in [0.2, 0.25) is 0 Å². The zero-order valence-corrected chi connectivity index (χ0v) is 15.3. The van der Waals surface area contributed by atoms with E-state index in [1.807, 2.05) is 63.2 Å². The molecule has 26 heavy (non-hydrogen) atoms. The van der Waals surface area contributed by atoms with Gasteiger partial charge in [-0.2, -0.15) is 0 Å². The average molecular weight is 339 g/mol. The van der Waals surface area contributed by atoms with Crippen LogP contribution in [0.4, 0.5) is 0 Å². The fraction of sp³-hybridized carbons (Fsp3) is 0.167. The molecule has 0 amide bonds. The summed E-state index contributed by atoms with van der Waals surface area (Å²) < 4.78 is 0. The summed E-state index contributed by atoms with van der Waals surface area (Å²) in [7, 11) is 0. The first-order valence-electron chi connectivity index (χ1n) is 8.87. The minimum Gasteiger partial charge on any atom is -0.294 e. The highest BCUT2D eigenvalue weighted by Gasteiger charge is 2.26. The van der Waals surface area contributed by atoms with E-state index in [-0.39, 0.29) is 5.78 Å². The van der Waals surface area contributed by atoms with Crippen LogP contribution in [0, 0.1) is 5.41 Å². The summed E-state index contributed by atoms with van der Waals surface area (Å²) in [5, 5.41) is 3.32. The van der Waals surface area contributed by atoms with Crippen LogP contribution in [0.15, 0.2) is 72.8 Å². The largest absolute Gasteiger partial charge is 0.294 e. The van der Waals surface area contributed by atoms with Crippen LogP contribution >= 0.6 is 0 Å². The Kier molecular flexibility index (Phi) is 3.84. The molecule has 2 nitrogen and oxygen atoms in total. The van der Waals surface area contributed by atoms with Crippen molar-refractivity contribution in [3.63, 3.8) is 0 Å². The number of fused-ring (bicyclic) bond motifs is 2. The lowest BCUT2D eigenvalue weighted by Crippen LogP contribution is -2.21. The van der Waals surface area contributed by atoms with Gasteiger partial charge in [0.25, 0.3) is 0 Å². The minimum atomic E-state index is -0.463. The van der Waals surface area contributed by atoms with E-state index in [0.29, 0.717) is 5.56 Å². The van der Waals surface area contributed by atoms with E-state index < -0.39 is 5.41 Å². The predicted octanol–water partition coefficient (Wildman–Crippen LogP) is 6.28. The van der Waals surface area contributed by atoms with E-state index >= 15 is 0 Å². The van der Waals surface area contributed by atoms with E-state index in [0.717, 1.165) is 27.5 Å². The molecule has 0 saturated carbocycles. The molecule has 0 spiro atoms. The SMILES string of the molecule is CC(C)(C)C(=O)c1cc2ccccc2nc1-c1ccc2ccccc2c1. The normalized spacial score (nSPS) is 11.8. The lowest BCUT2D eigenvalue weighted by Gasteiger charge is -2.19. The van der Waals surface area contributed by atoms with Crippen molar-refractivity contribution in [3.8, 4) is 11.3 Å². The summed E-state index contributed by atoms with van der Waals surface area (Å²) in [6, 6.07) is 24.4. The maximum atomic E-state index is 13.1. The summed E-state index contributed by atoms with van der Waals surface area (Å²) in [5.41, 5.74) is 2.86. The van der Waals surface area contributed by atoms with Gasteiger partial charge in [0.05, 0.1) is 11.2 Å². The van der Waals surface area contributed by atoms with Gasteiger partial charge in [-0.05, 0) is 29.0 Å². The number of rotatable bonds is 2. The highest BCUT2D eigenvalue weighted by Crippen LogP contribution is 2.32. The lowest BCUT2D eigenvalue weighted by molar-refractivity contribution is 0.0859. The number of hydrogen-bond donors (Lipinski definition) is 0. The number of aromatic nitrogens is 1. The number of ketones is 1. The average Bonchev–Trinajstić information content (AvgIpc) is 2.65. The number of pyridine rings is 1. The lowest BCUT2D eigenvalue weighted by atomic mass is 9.84. The number of hydrogen-bond acceptors (Lipinski definition) is 2. The van der Waals surface area contributed by atoms with Gasteiger partial charge in [-0.1, -0.05) is 75.4 Å². The van der Waals surface area contributed by atoms with E-state index in [9.17, 15) is 4.79 Å². The molecule has 0 aliphatic heterocycles. The van der Waals surface area contributed by atoms with Crippen LogP contribution in [0.25, 0.3) is 32.9 Å².